The van der Waals surface area contributed by atoms with Crippen molar-refractivity contribution < 1.29 is 4.74 Å². The van der Waals surface area contributed by atoms with Crippen LogP contribution in [0.25, 0.3) is 10.4 Å². The van der Waals surface area contributed by atoms with Crippen LogP contribution >= 0.6 is 22.9 Å². The van der Waals surface area contributed by atoms with E-state index >= 15 is 0 Å². The van der Waals surface area contributed by atoms with Crippen LogP contribution in [-0.2, 0) is 16.8 Å². The van der Waals surface area contributed by atoms with Gasteiger partial charge in [0.15, 0.2) is 0 Å². The van der Waals surface area contributed by atoms with Crippen molar-refractivity contribution in [2.75, 3.05) is 6.61 Å². The Morgan fingerprint density at radius 3 is 2.69 bits per heavy atom. The molecular formula is C23H18ClN3OS. The molecule has 0 saturated carbocycles. The van der Waals surface area contributed by atoms with Crippen LogP contribution in [0.1, 0.15) is 10.4 Å². The molecule has 1 unspecified atom stereocenters. The van der Waals surface area contributed by atoms with E-state index in [0.29, 0.717) is 24.1 Å². The molecule has 0 radical (unpaired) electrons. The van der Waals surface area contributed by atoms with Crippen molar-refractivity contribution in [3.63, 3.8) is 0 Å². The maximum atomic E-state index is 6.29. The molecule has 1 aliphatic heterocycles. The van der Waals surface area contributed by atoms with E-state index in [1.165, 1.54) is 10.4 Å². The highest BCUT2D eigenvalue weighted by atomic mass is 35.5. The lowest BCUT2D eigenvalue weighted by molar-refractivity contribution is 0.236. The molecule has 0 fully saturated rings. The van der Waals surface area contributed by atoms with Gasteiger partial charge >= 0.3 is 0 Å². The average molecular weight is 420 g/mol. The van der Waals surface area contributed by atoms with E-state index < -0.39 is 5.54 Å². The first-order valence-corrected chi connectivity index (χ1v) is 10.5. The molecular weight excluding hydrogens is 402 g/mol. The Morgan fingerprint density at radius 2 is 1.90 bits per heavy atom. The summed E-state index contributed by atoms with van der Waals surface area (Å²) in [6.45, 7) is 1.09. The second-order valence-corrected chi connectivity index (χ2v) is 8.53. The molecule has 4 aromatic rings. The van der Waals surface area contributed by atoms with Crippen molar-refractivity contribution in [2.24, 2.45) is 4.99 Å². The van der Waals surface area contributed by atoms with Crippen LogP contribution in [-0.4, -0.2) is 22.1 Å². The van der Waals surface area contributed by atoms with Crippen LogP contribution in [0.5, 0.6) is 0 Å². The predicted molar refractivity (Wildman–Crippen MR) is 118 cm³/mol. The number of rotatable bonds is 5. The Labute approximate surface area is 178 Å². The summed E-state index contributed by atoms with van der Waals surface area (Å²) in [5, 5.41) is 0.693. The summed E-state index contributed by atoms with van der Waals surface area (Å²) >= 11 is 7.97. The van der Waals surface area contributed by atoms with Crippen LogP contribution in [0, 0.1) is 0 Å². The number of ether oxygens (including phenoxy) is 1. The summed E-state index contributed by atoms with van der Waals surface area (Å²) < 4.78 is 8.16. The number of thiophene rings is 1. The van der Waals surface area contributed by atoms with Gasteiger partial charge in [-0.05, 0) is 35.4 Å². The van der Waals surface area contributed by atoms with E-state index in [0.717, 1.165) is 10.4 Å². The number of imidazole rings is 1. The first-order chi connectivity index (χ1) is 14.2. The number of nitrogens with zero attached hydrogens (tertiary/aromatic N) is 3. The second kappa shape index (κ2) is 7.50. The molecule has 0 saturated heterocycles. The number of benzene rings is 2. The van der Waals surface area contributed by atoms with Gasteiger partial charge < -0.3 is 9.30 Å². The predicted octanol–water partition coefficient (Wildman–Crippen LogP) is 5.64. The third-order valence-electron chi connectivity index (χ3n) is 5.00. The Morgan fingerprint density at radius 1 is 1.03 bits per heavy atom. The minimum absolute atomic E-state index is 0.458. The van der Waals surface area contributed by atoms with Gasteiger partial charge in [0.05, 0.1) is 17.7 Å². The van der Waals surface area contributed by atoms with Crippen molar-refractivity contribution >= 4 is 28.8 Å². The van der Waals surface area contributed by atoms with Crippen molar-refractivity contribution in [2.45, 2.75) is 12.1 Å². The Kier molecular flexibility index (Phi) is 4.70. The van der Waals surface area contributed by atoms with Gasteiger partial charge in [0, 0.05) is 22.3 Å². The van der Waals surface area contributed by atoms with Crippen LogP contribution < -0.4 is 0 Å². The summed E-state index contributed by atoms with van der Waals surface area (Å²) in [6, 6.07) is 22.4. The summed E-state index contributed by atoms with van der Waals surface area (Å²) in [7, 11) is 0. The zero-order valence-electron chi connectivity index (χ0n) is 15.5. The molecule has 2 aromatic heterocycles. The maximum Gasteiger partial charge on any atom is 0.227 e. The standard InChI is InChI=1S/C23H18ClN3OS/c24-19-8-4-7-18(13-19)23(14-27-12-11-25-16-27)15-28-22(26-23)21-10-9-20(29-21)17-5-2-1-3-6-17/h1-13,16H,14-15H2. The third-order valence-corrected chi connectivity index (χ3v) is 6.36. The van der Waals surface area contributed by atoms with Crippen molar-refractivity contribution in [1.29, 1.82) is 0 Å². The number of halogens is 1. The topological polar surface area (TPSA) is 39.4 Å². The summed E-state index contributed by atoms with van der Waals surface area (Å²) in [5.74, 6) is 0.678. The molecule has 2 aromatic carbocycles. The highest BCUT2D eigenvalue weighted by molar-refractivity contribution is 7.17. The van der Waals surface area contributed by atoms with Crippen molar-refractivity contribution in [3.8, 4) is 10.4 Å². The first-order valence-electron chi connectivity index (χ1n) is 9.32. The number of aliphatic imine (C=N–C) groups is 1. The monoisotopic (exact) mass is 419 g/mol. The van der Waals surface area contributed by atoms with E-state index in [2.05, 4.69) is 35.3 Å². The molecule has 0 aliphatic carbocycles. The average Bonchev–Trinajstić information content (AvgIpc) is 3.50. The van der Waals surface area contributed by atoms with E-state index in [4.69, 9.17) is 21.3 Å². The van der Waals surface area contributed by atoms with Crippen molar-refractivity contribution in [3.05, 3.63) is 101 Å². The van der Waals surface area contributed by atoms with E-state index in [1.54, 1.807) is 23.9 Å². The first kappa shape index (κ1) is 18.2. The maximum absolute atomic E-state index is 6.29. The quantitative estimate of drug-likeness (QED) is 0.420. The van der Waals surface area contributed by atoms with Gasteiger partial charge in [0.25, 0.3) is 0 Å². The van der Waals surface area contributed by atoms with Gasteiger partial charge in [0.1, 0.15) is 12.1 Å². The summed E-state index contributed by atoms with van der Waals surface area (Å²) in [6.07, 6.45) is 5.52. The molecule has 29 heavy (non-hydrogen) atoms. The number of aromatic nitrogens is 2. The van der Waals surface area contributed by atoms with E-state index in [1.807, 2.05) is 47.2 Å². The summed E-state index contributed by atoms with van der Waals surface area (Å²) in [5.41, 5.74) is 1.69. The lowest BCUT2D eigenvalue weighted by Crippen LogP contribution is -2.31. The fraction of sp³-hybridized carbons (Fsp3) is 0.130. The highest BCUT2D eigenvalue weighted by Gasteiger charge is 2.40. The molecule has 0 bridgehead atoms. The van der Waals surface area contributed by atoms with Gasteiger partial charge in [-0.25, -0.2) is 9.98 Å². The largest absolute Gasteiger partial charge is 0.474 e. The van der Waals surface area contributed by atoms with Gasteiger partial charge in [0.2, 0.25) is 5.90 Å². The van der Waals surface area contributed by atoms with E-state index in [9.17, 15) is 0 Å². The van der Waals surface area contributed by atoms with E-state index in [-0.39, 0.29) is 0 Å². The second-order valence-electron chi connectivity index (χ2n) is 7.01. The fourth-order valence-corrected chi connectivity index (χ4v) is 4.71. The molecule has 0 N–H and O–H groups in total. The summed E-state index contributed by atoms with van der Waals surface area (Å²) in [4.78, 5) is 11.5. The normalized spacial score (nSPS) is 18.4. The minimum atomic E-state index is -0.544. The molecule has 0 spiro atoms. The van der Waals surface area contributed by atoms with Crippen LogP contribution in [0.3, 0.4) is 0 Å². The molecule has 6 heteroatoms. The van der Waals surface area contributed by atoms with Crippen LogP contribution in [0.2, 0.25) is 5.02 Å². The SMILES string of the molecule is Clc1cccc(C2(Cn3ccnc3)COC(c3ccc(-c4ccccc4)s3)=N2)c1. The molecule has 144 valence electrons. The van der Waals surface area contributed by atoms with Crippen LogP contribution in [0.4, 0.5) is 0 Å². The Hall–Kier alpha value is -2.89. The molecule has 3 heterocycles. The van der Waals surface area contributed by atoms with Gasteiger partial charge in [-0.3, -0.25) is 0 Å². The molecule has 4 nitrogen and oxygen atoms in total. The third kappa shape index (κ3) is 3.59. The fourth-order valence-electron chi connectivity index (χ4n) is 3.56. The Bertz CT molecular complexity index is 1150. The zero-order valence-corrected chi connectivity index (χ0v) is 17.1. The van der Waals surface area contributed by atoms with Gasteiger partial charge in [-0.1, -0.05) is 54.1 Å². The smallest absolute Gasteiger partial charge is 0.227 e. The van der Waals surface area contributed by atoms with Crippen LogP contribution in [0.15, 0.2) is 90.4 Å². The van der Waals surface area contributed by atoms with Gasteiger partial charge in [-0.15, -0.1) is 11.3 Å². The molecule has 5 rings (SSSR count). The van der Waals surface area contributed by atoms with Crippen molar-refractivity contribution in [1.82, 2.24) is 9.55 Å². The molecule has 1 aliphatic rings. The molecule has 1 atom stereocenters. The number of hydrogen-bond donors (Lipinski definition) is 0. The lowest BCUT2D eigenvalue weighted by atomic mass is 9.91. The molecule has 0 amide bonds. The number of hydrogen-bond acceptors (Lipinski definition) is 4. The Balaban J connectivity index is 1.53. The zero-order chi connectivity index (χ0) is 19.7. The minimum Gasteiger partial charge on any atom is -0.474 e. The highest BCUT2D eigenvalue weighted by Crippen LogP contribution is 2.37. The van der Waals surface area contributed by atoms with Gasteiger partial charge in [-0.2, -0.15) is 0 Å². The lowest BCUT2D eigenvalue weighted by Gasteiger charge is -2.25.